The zero-order valence-corrected chi connectivity index (χ0v) is 9.17. The zero-order chi connectivity index (χ0) is 13.0. The second kappa shape index (κ2) is 5.79. The van der Waals surface area contributed by atoms with Crippen molar-refractivity contribution >= 4 is 5.78 Å². The van der Waals surface area contributed by atoms with Gasteiger partial charge in [0.15, 0.2) is 23.2 Å². The van der Waals surface area contributed by atoms with E-state index in [9.17, 15) is 18.0 Å². The SMILES string of the molecule is COCCC(N)C(=O)c1ccc(F)c(F)c1F. The molecule has 0 aromatic heterocycles. The smallest absolute Gasteiger partial charge is 0.195 e. The van der Waals surface area contributed by atoms with Gasteiger partial charge in [-0.1, -0.05) is 0 Å². The summed E-state index contributed by atoms with van der Waals surface area (Å²) in [6.07, 6.45) is 0.174. The Hall–Kier alpha value is -1.40. The number of Topliss-reactive ketones (excluding diaryl/α,β-unsaturated/α-hetero) is 1. The summed E-state index contributed by atoms with van der Waals surface area (Å²) in [6, 6.07) is 0.562. The monoisotopic (exact) mass is 247 g/mol. The van der Waals surface area contributed by atoms with E-state index < -0.39 is 34.8 Å². The number of hydrogen-bond donors (Lipinski definition) is 1. The number of nitrogens with two attached hydrogens (primary N) is 1. The third kappa shape index (κ3) is 3.04. The largest absolute Gasteiger partial charge is 0.385 e. The number of ether oxygens (including phenoxy) is 1. The van der Waals surface area contributed by atoms with Crippen molar-refractivity contribution in [3.63, 3.8) is 0 Å². The molecule has 1 atom stereocenters. The van der Waals surface area contributed by atoms with E-state index in [1.807, 2.05) is 0 Å². The van der Waals surface area contributed by atoms with E-state index in [-0.39, 0.29) is 13.0 Å². The van der Waals surface area contributed by atoms with E-state index >= 15 is 0 Å². The van der Waals surface area contributed by atoms with Gasteiger partial charge in [-0.25, -0.2) is 13.2 Å². The Labute approximate surface area is 96.4 Å². The lowest BCUT2D eigenvalue weighted by molar-refractivity contribution is 0.0930. The predicted octanol–water partition coefficient (Wildman–Crippen LogP) is 1.65. The van der Waals surface area contributed by atoms with Crippen LogP contribution in [0, 0.1) is 17.5 Å². The van der Waals surface area contributed by atoms with Gasteiger partial charge in [0.1, 0.15) is 0 Å². The molecular formula is C11H12F3NO2. The molecule has 0 saturated heterocycles. The minimum absolute atomic E-state index is 0.174. The van der Waals surface area contributed by atoms with Crippen molar-refractivity contribution in [3.8, 4) is 0 Å². The Morgan fingerprint density at radius 1 is 1.35 bits per heavy atom. The first-order valence-corrected chi connectivity index (χ1v) is 4.91. The second-order valence-electron chi connectivity index (χ2n) is 3.48. The minimum Gasteiger partial charge on any atom is -0.385 e. The highest BCUT2D eigenvalue weighted by Crippen LogP contribution is 2.16. The molecule has 0 amide bonds. The Morgan fingerprint density at radius 3 is 2.59 bits per heavy atom. The number of carbonyl (C=O) groups is 1. The van der Waals surface area contributed by atoms with Crippen LogP contribution in [0.5, 0.6) is 0 Å². The molecule has 3 nitrogen and oxygen atoms in total. The summed E-state index contributed by atoms with van der Waals surface area (Å²) >= 11 is 0. The van der Waals surface area contributed by atoms with Crippen molar-refractivity contribution in [3.05, 3.63) is 35.1 Å². The fourth-order valence-electron chi connectivity index (χ4n) is 1.29. The van der Waals surface area contributed by atoms with Gasteiger partial charge < -0.3 is 10.5 Å². The number of methoxy groups -OCH3 is 1. The molecule has 0 aliphatic carbocycles. The topological polar surface area (TPSA) is 52.3 Å². The molecule has 0 fully saturated rings. The summed E-state index contributed by atoms with van der Waals surface area (Å²) in [7, 11) is 1.43. The average molecular weight is 247 g/mol. The van der Waals surface area contributed by atoms with Gasteiger partial charge >= 0.3 is 0 Å². The molecule has 0 spiro atoms. The molecule has 0 bridgehead atoms. The molecule has 6 heteroatoms. The summed E-state index contributed by atoms with van der Waals surface area (Å²) in [6.45, 7) is 0.220. The van der Waals surface area contributed by atoms with E-state index in [2.05, 4.69) is 0 Å². The van der Waals surface area contributed by atoms with Gasteiger partial charge in [-0.2, -0.15) is 0 Å². The van der Waals surface area contributed by atoms with Crippen LogP contribution in [0.2, 0.25) is 0 Å². The van der Waals surface area contributed by atoms with E-state index in [1.165, 1.54) is 7.11 Å². The molecule has 1 unspecified atom stereocenters. The van der Waals surface area contributed by atoms with E-state index in [0.29, 0.717) is 6.07 Å². The molecule has 1 aromatic rings. The van der Waals surface area contributed by atoms with Crippen molar-refractivity contribution in [2.45, 2.75) is 12.5 Å². The van der Waals surface area contributed by atoms with Crippen LogP contribution in [0.15, 0.2) is 12.1 Å². The van der Waals surface area contributed by atoms with Gasteiger partial charge in [-0.05, 0) is 18.6 Å². The van der Waals surface area contributed by atoms with Crippen LogP contribution in [-0.2, 0) is 4.74 Å². The van der Waals surface area contributed by atoms with E-state index in [1.54, 1.807) is 0 Å². The Bertz CT molecular complexity index is 423. The molecular weight excluding hydrogens is 235 g/mol. The summed E-state index contributed by atoms with van der Waals surface area (Å²) in [5, 5.41) is 0. The quantitative estimate of drug-likeness (QED) is 0.635. The lowest BCUT2D eigenvalue weighted by Gasteiger charge is -2.10. The zero-order valence-electron chi connectivity index (χ0n) is 9.17. The Morgan fingerprint density at radius 2 is 2.00 bits per heavy atom. The lowest BCUT2D eigenvalue weighted by Crippen LogP contribution is -2.32. The second-order valence-corrected chi connectivity index (χ2v) is 3.48. The van der Waals surface area contributed by atoms with Gasteiger partial charge in [0.2, 0.25) is 0 Å². The Balaban J connectivity index is 2.93. The standard InChI is InChI=1S/C11H12F3NO2/c1-17-5-4-8(15)11(16)6-2-3-7(12)10(14)9(6)13/h2-3,8H,4-5,15H2,1H3. The molecule has 17 heavy (non-hydrogen) atoms. The maximum atomic E-state index is 13.3. The van der Waals surface area contributed by atoms with Gasteiger partial charge in [0.25, 0.3) is 0 Å². The minimum atomic E-state index is -1.67. The molecule has 94 valence electrons. The average Bonchev–Trinajstić information content (AvgIpc) is 2.32. The van der Waals surface area contributed by atoms with Crippen molar-refractivity contribution in [1.29, 1.82) is 0 Å². The Kier molecular flexibility index (Phi) is 4.65. The molecule has 2 N–H and O–H groups in total. The molecule has 0 radical (unpaired) electrons. The summed E-state index contributed by atoms with van der Waals surface area (Å²) < 4.78 is 43.5. The number of carbonyl (C=O) groups excluding carboxylic acids is 1. The van der Waals surface area contributed by atoms with Gasteiger partial charge in [0.05, 0.1) is 11.6 Å². The molecule has 0 aliphatic heterocycles. The summed E-state index contributed by atoms with van der Waals surface area (Å²) in [5.41, 5.74) is 4.93. The third-order valence-corrected chi connectivity index (χ3v) is 2.27. The van der Waals surface area contributed by atoms with Crippen molar-refractivity contribution in [2.24, 2.45) is 5.73 Å². The van der Waals surface area contributed by atoms with Crippen LogP contribution >= 0.6 is 0 Å². The maximum Gasteiger partial charge on any atom is 0.195 e. The maximum absolute atomic E-state index is 13.3. The van der Waals surface area contributed by atoms with Gasteiger partial charge in [0, 0.05) is 13.7 Å². The van der Waals surface area contributed by atoms with E-state index in [0.717, 1.165) is 6.07 Å². The number of halogens is 3. The van der Waals surface area contributed by atoms with Crippen LogP contribution in [0.4, 0.5) is 13.2 Å². The highest BCUT2D eigenvalue weighted by molar-refractivity contribution is 6.00. The number of ketones is 1. The number of rotatable bonds is 5. The molecule has 0 heterocycles. The fourth-order valence-corrected chi connectivity index (χ4v) is 1.29. The highest BCUT2D eigenvalue weighted by atomic mass is 19.2. The van der Waals surface area contributed by atoms with E-state index in [4.69, 9.17) is 10.5 Å². The summed E-state index contributed by atoms with van der Waals surface area (Å²) in [4.78, 5) is 11.6. The molecule has 1 aromatic carbocycles. The first kappa shape index (κ1) is 13.7. The van der Waals surface area contributed by atoms with Crippen LogP contribution in [0.25, 0.3) is 0 Å². The van der Waals surface area contributed by atoms with Crippen molar-refractivity contribution in [1.82, 2.24) is 0 Å². The number of benzene rings is 1. The fraction of sp³-hybridized carbons (Fsp3) is 0.364. The van der Waals surface area contributed by atoms with Crippen LogP contribution in [-0.4, -0.2) is 25.5 Å². The first-order valence-electron chi connectivity index (χ1n) is 4.91. The lowest BCUT2D eigenvalue weighted by atomic mass is 10.0. The van der Waals surface area contributed by atoms with Gasteiger partial charge in [-0.15, -0.1) is 0 Å². The normalized spacial score (nSPS) is 12.5. The van der Waals surface area contributed by atoms with Crippen molar-refractivity contribution < 1.29 is 22.7 Å². The van der Waals surface area contributed by atoms with Crippen LogP contribution in [0.1, 0.15) is 16.8 Å². The summed E-state index contributed by atoms with van der Waals surface area (Å²) in [5.74, 6) is -5.30. The van der Waals surface area contributed by atoms with Crippen LogP contribution in [0.3, 0.4) is 0 Å². The van der Waals surface area contributed by atoms with Crippen LogP contribution < -0.4 is 5.73 Å². The molecule has 0 aliphatic rings. The predicted molar refractivity (Wildman–Crippen MR) is 55.1 cm³/mol. The van der Waals surface area contributed by atoms with Crippen molar-refractivity contribution in [2.75, 3.05) is 13.7 Å². The molecule has 1 rings (SSSR count). The first-order chi connectivity index (χ1) is 7.99. The third-order valence-electron chi connectivity index (χ3n) is 2.27. The highest BCUT2D eigenvalue weighted by Gasteiger charge is 2.22. The molecule has 0 saturated carbocycles. The number of hydrogen-bond acceptors (Lipinski definition) is 3. The van der Waals surface area contributed by atoms with Gasteiger partial charge in [-0.3, -0.25) is 4.79 Å².